The molecule has 2 saturated heterocycles. The van der Waals surface area contributed by atoms with Crippen LogP contribution < -0.4 is 16.0 Å². The van der Waals surface area contributed by atoms with Crippen molar-refractivity contribution >= 4 is 52.9 Å². The van der Waals surface area contributed by atoms with Gasteiger partial charge in [-0.05, 0) is 49.2 Å². The molecule has 6 rings (SSSR count). The first-order valence-corrected chi connectivity index (χ1v) is 12.6. The average molecular weight is 563 g/mol. The largest absolute Gasteiger partial charge is 0.388 e. The van der Waals surface area contributed by atoms with E-state index in [1.54, 1.807) is 25.2 Å². The minimum atomic E-state index is -1.02. The number of nitrogens with one attached hydrogen (secondary N) is 3. The molecule has 0 saturated carbocycles. The van der Waals surface area contributed by atoms with Crippen LogP contribution in [0.3, 0.4) is 0 Å². The fourth-order valence-electron chi connectivity index (χ4n) is 5.07. The fourth-order valence-corrected chi connectivity index (χ4v) is 5.07. The number of imide groups is 4. The minimum absolute atomic E-state index is 0.0537. The summed E-state index contributed by atoms with van der Waals surface area (Å²) in [7, 11) is 1.71. The van der Waals surface area contributed by atoms with Gasteiger partial charge in [-0.25, -0.2) is 4.39 Å². The van der Waals surface area contributed by atoms with Crippen LogP contribution in [0, 0.1) is 5.82 Å². The molecule has 0 aliphatic carbocycles. The Kier molecular flexibility index (Phi) is 6.91. The van der Waals surface area contributed by atoms with E-state index in [9.17, 15) is 42.7 Å². The van der Waals surface area contributed by atoms with Crippen molar-refractivity contribution in [2.75, 3.05) is 12.4 Å². The lowest BCUT2D eigenvalue weighted by molar-refractivity contribution is -0.137. The lowest BCUT2D eigenvalue weighted by atomic mass is 10.0. The monoisotopic (exact) mass is 563 g/mol. The molecule has 2 atom stereocenters. The van der Waals surface area contributed by atoms with Crippen molar-refractivity contribution in [2.45, 2.75) is 37.8 Å². The van der Waals surface area contributed by atoms with Crippen molar-refractivity contribution in [2.24, 2.45) is 0 Å². The van der Waals surface area contributed by atoms with E-state index in [0.717, 1.165) is 21.9 Å². The first kappa shape index (κ1) is 27.3. The van der Waals surface area contributed by atoms with E-state index in [4.69, 9.17) is 0 Å². The van der Waals surface area contributed by atoms with E-state index in [2.05, 4.69) is 16.0 Å². The van der Waals surface area contributed by atoms with Gasteiger partial charge in [0.25, 0.3) is 23.6 Å². The molecule has 0 spiro atoms. The van der Waals surface area contributed by atoms with E-state index >= 15 is 0 Å². The van der Waals surface area contributed by atoms with Gasteiger partial charge in [0.1, 0.15) is 17.9 Å². The number of halogens is 1. The quantitative estimate of drug-likeness (QED) is 0.445. The highest BCUT2D eigenvalue weighted by Crippen LogP contribution is 2.30. The summed E-state index contributed by atoms with van der Waals surface area (Å²) in [5.74, 6) is -5.08. The number of rotatable bonds is 3. The van der Waals surface area contributed by atoms with Crippen LogP contribution in [0.25, 0.3) is 0 Å². The highest BCUT2D eigenvalue weighted by Gasteiger charge is 2.45. The molecule has 4 aliphatic rings. The summed E-state index contributed by atoms with van der Waals surface area (Å²) >= 11 is 0. The maximum Gasteiger partial charge on any atom is 0.262 e. The number of carbonyl (C=O) groups is 8. The molecule has 0 radical (unpaired) electrons. The van der Waals surface area contributed by atoms with Crippen molar-refractivity contribution in [3.8, 4) is 0 Å². The molecule has 210 valence electrons. The highest BCUT2D eigenvalue weighted by atomic mass is 19.1. The summed E-state index contributed by atoms with van der Waals surface area (Å²) in [5, 5.41) is 7.14. The Hall–Kier alpha value is -5.27. The van der Waals surface area contributed by atoms with E-state index in [1.165, 1.54) is 6.07 Å². The van der Waals surface area contributed by atoms with Crippen LogP contribution in [0.4, 0.5) is 10.1 Å². The third-order valence-electron chi connectivity index (χ3n) is 7.13. The molecule has 4 heterocycles. The maximum atomic E-state index is 13.2. The predicted molar refractivity (Wildman–Crippen MR) is 136 cm³/mol. The summed E-state index contributed by atoms with van der Waals surface area (Å²) in [6, 6.07) is 6.17. The van der Waals surface area contributed by atoms with Crippen molar-refractivity contribution in [1.82, 2.24) is 20.4 Å². The Balaban J connectivity index is 0.000000165. The molecule has 0 aromatic heterocycles. The van der Waals surface area contributed by atoms with Gasteiger partial charge in [0.2, 0.25) is 23.6 Å². The van der Waals surface area contributed by atoms with Crippen LogP contribution in [0.5, 0.6) is 0 Å². The summed E-state index contributed by atoms with van der Waals surface area (Å²) in [4.78, 5) is 96.7. The van der Waals surface area contributed by atoms with Crippen LogP contribution >= 0.6 is 0 Å². The van der Waals surface area contributed by atoms with Gasteiger partial charge in [-0.2, -0.15) is 0 Å². The standard InChI is InChI=1S/C14H13N3O4.C13H9FN2O4/c1-15-7-2-3-8-9(6-7)14(21)17(13(8)20)10-4-5-11(18)16-12(10)19;14-6-1-2-7-8(5-6)13(20)16(12(7)19)9-3-4-10(17)15-11(9)18/h2-3,6,10,15H,4-5H2,1H3,(H,16,18,19);1-2,5,9H,3-4H2,(H,15,17,18). The van der Waals surface area contributed by atoms with Crippen LogP contribution in [0.2, 0.25) is 0 Å². The molecular formula is C27H22FN5O8. The summed E-state index contributed by atoms with van der Waals surface area (Å²) in [6.07, 6.45) is 0.414. The van der Waals surface area contributed by atoms with Crippen molar-refractivity contribution in [1.29, 1.82) is 0 Å². The molecule has 2 aromatic carbocycles. The molecule has 3 N–H and O–H groups in total. The van der Waals surface area contributed by atoms with E-state index in [0.29, 0.717) is 5.69 Å². The van der Waals surface area contributed by atoms with Gasteiger partial charge in [-0.3, -0.25) is 58.8 Å². The van der Waals surface area contributed by atoms with Crippen LogP contribution in [-0.2, 0) is 19.2 Å². The van der Waals surface area contributed by atoms with E-state index in [-0.39, 0.29) is 53.8 Å². The number of carbonyl (C=O) groups excluding carboxylic acids is 8. The molecule has 8 amide bonds. The number of fused-ring (bicyclic) bond motifs is 2. The Morgan fingerprint density at radius 1 is 0.659 bits per heavy atom. The molecule has 14 heteroatoms. The summed E-state index contributed by atoms with van der Waals surface area (Å²) in [5.41, 5.74) is 1.28. The Morgan fingerprint density at radius 3 is 1.56 bits per heavy atom. The van der Waals surface area contributed by atoms with Gasteiger partial charge in [0, 0.05) is 25.6 Å². The molecule has 2 unspecified atom stereocenters. The Morgan fingerprint density at radius 2 is 1.10 bits per heavy atom. The number of benzene rings is 2. The zero-order chi connectivity index (χ0) is 29.6. The number of nitrogens with zero attached hydrogens (tertiary/aromatic N) is 2. The lowest BCUT2D eigenvalue weighted by Gasteiger charge is -2.27. The van der Waals surface area contributed by atoms with E-state index < -0.39 is 59.3 Å². The average Bonchev–Trinajstić information content (AvgIpc) is 3.33. The normalized spacial score (nSPS) is 21.7. The van der Waals surface area contributed by atoms with Gasteiger partial charge in [0.15, 0.2) is 0 Å². The zero-order valence-electron chi connectivity index (χ0n) is 21.5. The summed E-state index contributed by atoms with van der Waals surface area (Å²) in [6.45, 7) is 0. The molecular weight excluding hydrogens is 541 g/mol. The maximum absolute atomic E-state index is 13.2. The van der Waals surface area contributed by atoms with Crippen LogP contribution in [0.1, 0.15) is 67.1 Å². The zero-order valence-corrected chi connectivity index (χ0v) is 21.5. The molecule has 13 nitrogen and oxygen atoms in total. The molecule has 2 aromatic rings. The topological polar surface area (TPSA) is 179 Å². The smallest absolute Gasteiger partial charge is 0.262 e. The number of amides is 8. The number of piperidine rings is 2. The fraction of sp³-hybridized carbons (Fsp3) is 0.259. The van der Waals surface area contributed by atoms with Crippen molar-refractivity contribution in [3.63, 3.8) is 0 Å². The summed E-state index contributed by atoms with van der Waals surface area (Å²) < 4.78 is 13.2. The minimum Gasteiger partial charge on any atom is -0.388 e. The van der Waals surface area contributed by atoms with Crippen molar-refractivity contribution < 1.29 is 42.7 Å². The lowest BCUT2D eigenvalue weighted by Crippen LogP contribution is -2.54. The molecule has 41 heavy (non-hydrogen) atoms. The second kappa shape index (κ2) is 10.4. The van der Waals surface area contributed by atoms with Gasteiger partial charge >= 0.3 is 0 Å². The Labute approximate surface area is 231 Å². The molecule has 4 aliphatic heterocycles. The van der Waals surface area contributed by atoms with Crippen LogP contribution in [0.15, 0.2) is 36.4 Å². The highest BCUT2D eigenvalue weighted by molar-refractivity contribution is 6.24. The number of hydrogen-bond acceptors (Lipinski definition) is 9. The predicted octanol–water partition coefficient (Wildman–Crippen LogP) is 0.356. The SMILES string of the molecule is CNc1ccc2c(c1)C(=O)N(C1CCC(=O)NC1=O)C2=O.O=C1CCC(N2C(=O)c3ccc(F)cc3C2=O)C(=O)N1. The van der Waals surface area contributed by atoms with Gasteiger partial charge < -0.3 is 5.32 Å². The van der Waals surface area contributed by atoms with Gasteiger partial charge in [0.05, 0.1) is 22.3 Å². The second-order valence-electron chi connectivity index (χ2n) is 9.59. The third-order valence-corrected chi connectivity index (χ3v) is 7.13. The molecule has 2 fully saturated rings. The number of hydrogen-bond donors (Lipinski definition) is 3. The second-order valence-corrected chi connectivity index (χ2v) is 9.59. The number of anilines is 1. The first-order valence-electron chi connectivity index (χ1n) is 12.6. The Bertz CT molecular complexity index is 1590. The molecule has 0 bridgehead atoms. The van der Waals surface area contributed by atoms with Gasteiger partial charge in [-0.1, -0.05) is 0 Å². The van der Waals surface area contributed by atoms with Gasteiger partial charge in [-0.15, -0.1) is 0 Å². The van der Waals surface area contributed by atoms with Crippen LogP contribution in [-0.4, -0.2) is 76.2 Å². The first-order chi connectivity index (χ1) is 19.5. The van der Waals surface area contributed by atoms with Crippen molar-refractivity contribution in [3.05, 3.63) is 64.5 Å². The third kappa shape index (κ3) is 4.73. The van der Waals surface area contributed by atoms with E-state index in [1.807, 2.05) is 0 Å².